The summed E-state index contributed by atoms with van der Waals surface area (Å²) in [4.78, 5) is 14.1. The Bertz CT molecular complexity index is 566. The minimum atomic E-state index is -0.0174. The molecule has 3 nitrogen and oxygen atoms in total. The summed E-state index contributed by atoms with van der Waals surface area (Å²) in [5.74, 6) is 0.00974. The summed E-state index contributed by atoms with van der Waals surface area (Å²) in [6.07, 6.45) is 0. The number of nitrogens with zero attached hydrogens (tertiary/aromatic N) is 1. The van der Waals surface area contributed by atoms with Crippen LogP contribution in [0.25, 0.3) is 0 Å². The fourth-order valence-corrected chi connectivity index (χ4v) is 2.00. The van der Waals surface area contributed by atoms with Crippen molar-refractivity contribution in [2.24, 2.45) is 0 Å². The molecular weight excluding hydrogens is 236 g/mol. The third-order valence-corrected chi connectivity index (χ3v) is 3.32. The summed E-state index contributed by atoms with van der Waals surface area (Å²) in [6.45, 7) is 2.00. The molecule has 0 aromatic heterocycles. The van der Waals surface area contributed by atoms with Gasteiger partial charge in [0.1, 0.15) is 0 Å². The Balaban J connectivity index is 2.20. The van der Waals surface area contributed by atoms with Crippen LogP contribution in [0.2, 0.25) is 0 Å². The van der Waals surface area contributed by atoms with Crippen molar-refractivity contribution in [3.05, 3.63) is 65.7 Å². The molecule has 3 heteroatoms. The molecule has 0 saturated heterocycles. The molecule has 2 aromatic carbocycles. The molecule has 2 rings (SSSR count). The number of nitrogen functional groups attached to an aromatic ring is 1. The molecule has 0 radical (unpaired) electrons. The van der Waals surface area contributed by atoms with Crippen LogP contribution in [0.1, 0.15) is 28.9 Å². The molecule has 2 aromatic rings. The van der Waals surface area contributed by atoms with Gasteiger partial charge in [0, 0.05) is 18.3 Å². The molecule has 2 N–H and O–H groups in total. The Morgan fingerprint density at radius 3 is 2.42 bits per heavy atom. The van der Waals surface area contributed by atoms with Crippen LogP contribution >= 0.6 is 0 Å². The minimum Gasteiger partial charge on any atom is -0.399 e. The number of carbonyl (C=O) groups excluding carboxylic acids is 1. The van der Waals surface area contributed by atoms with Crippen LogP contribution < -0.4 is 5.73 Å². The van der Waals surface area contributed by atoms with Gasteiger partial charge in [0.25, 0.3) is 5.91 Å². The largest absolute Gasteiger partial charge is 0.399 e. The monoisotopic (exact) mass is 254 g/mol. The van der Waals surface area contributed by atoms with E-state index in [0.717, 1.165) is 5.56 Å². The van der Waals surface area contributed by atoms with Crippen LogP contribution in [0.3, 0.4) is 0 Å². The van der Waals surface area contributed by atoms with E-state index in [1.165, 1.54) is 0 Å². The van der Waals surface area contributed by atoms with E-state index in [1.807, 2.05) is 68.6 Å². The van der Waals surface area contributed by atoms with Crippen molar-refractivity contribution in [3.8, 4) is 0 Å². The molecule has 19 heavy (non-hydrogen) atoms. The van der Waals surface area contributed by atoms with Crippen molar-refractivity contribution < 1.29 is 4.79 Å². The Morgan fingerprint density at radius 1 is 1.11 bits per heavy atom. The van der Waals surface area contributed by atoms with Gasteiger partial charge in [0.05, 0.1) is 6.04 Å². The van der Waals surface area contributed by atoms with Gasteiger partial charge >= 0.3 is 0 Å². The summed E-state index contributed by atoms with van der Waals surface area (Å²) >= 11 is 0. The number of benzene rings is 2. The fourth-order valence-electron chi connectivity index (χ4n) is 2.00. The first kappa shape index (κ1) is 13.1. The highest BCUT2D eigenvalue weighted by Gasteiger charge is 2.18. The van der Waals surface area contributed by atoms with Crippen molar-refractivity contribution in [1.82, 2.24) is 4.90 Å². The van der Waals surface area contributed by atoms with Crippen LogP contribution in [0, 0.1) is 0 Å². The zero-order chi connectivity index (χ0) is 13.8. The number of hydrogen-bond donors (Lipinski definition) is 1. The van der Waals surface area contributed by atoms with Gasteiger partial charge in [-0.15, -0.1) is 0 Å². The lowest BCUT2D eigenvalue weighted by Crippen LogP contribution is -2.29. The van der Waals surface area contributed by atoms with Gasteiger partial charge in [0.15, 0.2) is 0 Å². The normalized spacial score (nSPS) is 11.9. The second kappa shape index (κ2) is 5.57. The predicted molar refractivity (Wildman–Crippen MR) is 77.8 cm³/mol. The Kier molecular flexibility index (Phi) is 3.85. The van der Waals surface area contributed by atoms with E-state index >= 15 is 0 Å². The Hall–Kier alpha value is -2.29. The molecule has 0 aliphatic carbocycles. The third kappa shape index (κ3) is 2.94. The summed E-state index contributed by atoms with van der Waals surface area (Å²) in [5, 5.41) is 0. The molecule has 0 aliphatic heterocycles. The van der Waals surface area contributed by atoms with E-state index in [9.17, 15) is 4.79 Å². The van der Waals surface area contributed by atoms with Crippen LogP contribution in [0.15, 0.2) is 54.6 Å². The van der Waals surface area contributed by atoms with E-state index < -0.39 is 0 Å². The van der Waals surface area contributed by atoms with Gasteiger partial charge in [-0.2, -0.15) is 0 Å². The smallest absolute Gasteiger partial charge is 0.254 e. The highest BCUT2D eigenvalue weighted by molar-refractivity contribution is 5.94. The van der Waals surface area contributed by atoms with Gasteiger partial charge < -0.3 is 10.6 Å². The second-order valence-corrected chi connectivity index (χ2v) is 4.63. The molecule has 1 unspecified atom stereocenters. The number of carbonyl (C=O) groups is 1. The lowest BCUT2D eigenvalue weighted by Gasteiger charge is -2.25. The quantitative estimate of drug-likeness (QED) is 0.855. The Morgan fingerprint density at radius 2 is 1.79 bits per heavy atom. The van der Waals surface area contributed by atoms with E-state index in [-0.39, 0.29) is 11.9 Å². The molecule has 0 fully saturated rings. The fraction of sp³-hybridized carbons (Fsp3) is 0.188. The maximum atomic E-state index is 12.3. The number of nitrogens with two attached hydrogens (primary N) is 1. The number of amides is 1. The summed E-state index contributed by atoms with van der Waals surface area (Å²) < 4.78 is 0. The molecule has 1 atom stereocenters. The number of anilines is 1. The molecule has 0 bridgehead atoms. The number of hydrogen-bond acceptors (Lipinski definition) is 2. The first-order valence-electron chi connectivity index (χ1n) is 6.27. The third-order valence-electron chi connectivity index (χ3n) is 3.32. The molecule has 0 heterocycles. The molecule has 0 aliphatic rings. The van der Waals surface area contributed by atoms with E-state index in [0.29, 0.717) is 11.3 Å². The topological polar surface area (TPSA) is 46.3 Å². The van der Waals surface area contributed by atoms with E-state index in [1.54, 1.807) is 4.90 Å². The highest BCUT2D eigenvalue weighted by atomic mass is 16.2. The van der Waals surface area contributed by atoms with Crippen molar-refractivity contribution in [1.29, 1.82) is 0 Å². The van der Waals surface area contributed by atoms with Crippen LogP contribution in [0.5, 0.6) is 0 Å². The van der Waals surface area contributed by atoms with Crippen molar-refractivity contribution in [3.63, 3.8) is 0 Å². The zero-order valence-electron chi connectivity index (χ0n) is 11.2. The van der Waals surface area contributed by atoms with Crippen molar-refractivity contribution in [2.75, 3.05) is 12.8 Å². The van der Waals surface area contributed by atoms with Gasteiger partial charge in [0.2, 0.25) is 0 Å². The molecular formula is C16H18N2O. The van der Waals surface area contributed by atoms with Crippen LogP contribution in [0.4, 0.5) is 5.69 Å². The first-order valence-corrected chi connectivity index (χ1v) is 6.27. The second-order valence-electron chi connectivity index (χ2n) is 4.63. The predicted octanol–water partition coefficient (Wildman–Crippen LogP) is 3.10. The lowest BCUT2D eigenvalue weighted by molar-refractivity contribution is 0.0742. The van der Waals surface area contributed by atoms with Gasteiger partial charge in [-0.05, 0) is 36.8 Å². The van der Waals surface area contributed by atoms with Gasteiger partial charge in [-0.1, -0.05) is 30.3 Å². The van der Waals surface area contributed by atoms with Gasteiger partial charge in [-0.25, -0.2) is 0 Å². The average molecular weight is 254 g/mol. The summed E-state index contributed by atoms with van der Waals surface area (Å²) in [6, 6.07) is 16.9. The number of rotatable bonds is 3. The molecule has 0 spiro atoms. The standard InChI is InChI=1S/C16H18N2O/c1-12(14-9-6-10-15(17)11-14)18(2)16(19)13-7-4-3-5-8-13/h3-12H,17H2,1-2H3. The minimum absolute atomic E-state index is 0.00974. The van der Waals surface area contributed by atoms with E-state index in [2.05, 4.69) is 0 Å². The SMILES string of the molecule is CC(c1cccc(N)c1)N(C)C(=O)c1ccccc1. The van der Waals surface area contributed by atoms with E-state index in [4.69, 9.17) is 5.73 Å². The maximum absolute atomic E-state index is 12.3. The van der Waals surface area contributed by atoms with Crippen molar-refractivity contribution in [2.45, 2.75) is 13.0 Å². The molecule has 1 amide bonds. The van der Waals surface area contributed by atoms with Crippen LogP contribution in [-0.2, 0) is 0 Å². The maximum Gasteiger partial charge on any atom is 0.254 e. The average Bonchev–Trinajstić information content (AvgIpc) is 2.46. The Labute approximate surface area is 113 Å². The highest BCUT2D eigenvalue weighted by Crippen LogP contribution is 2.22. The molecule has 98 valence electrons. The van der Waals surface area contributed by atoms with Crippen LogP contribution in [-0.4, -0.2) is 17.9 Å². The lowest BCUT2D eigenvalue weighted by atomic mass is 10.1. The zero-order valence-corrected chi connectivity index (χ0v) is 11.2. The first-order chi connectivity index (χ1) is 9.09. The van der Waals surface area contributed by atoms with Crippen molar-refractivity contribution >= 4 is 11.6 Å². The summed E-state index contributed by atoms with van der Waals surface area (Å²) in [7, 11) is 1.81. The van der Waals surface area contributed by atoms with Gasteiger partial charge in [-0.3, -0.25) is 4.79 Å². The summed E-state index contributed by atoms with van der Waals surface area (Å²) in [5.41, 5.74) is 8.22. The molecule has 0 saturated carbocycles.